The average molecular weight is 346 g/mol. The van der Waals surface area contributed by atoms with E-state index in [0.717, 1.165) is 5.56 Å². The van der Waals surface area contributed by atoms with Crippen LogP contribution in [0.3, 0.4) is 0 Å². The van der Waals surface area contributed by atoms with Crippen LogP contribution in [0.5, 0.6) is 17.2 Å². The van der Waals surface area contributed by atoms with Gasteiger partial charge in [0, 0.05) is 18.2 Å². The van der Waals surface area contributed by atoms with Gasteiger partial charge in [0.15, 0.2) is 18.1 Å². The summed E-state index contributed by atoms with van der Waals surface area (Å²) in [5.74, 6) is 0.732. The van der Waals surface area contributed by atoms with Crippen LogP contribution >= 0.6 is 0 Å². The first kappa shape index (κ1) is 18.1. The molecule has 0 aromatic heterocycles. The Morgan fingerprint density at radius 3 is 2.48 bits per heavy atom. The molecule has 8 nitrogen and oxygen atoms in total. The molecule has 0 unspecified atom stereocenters. The third-order valence-corrected chi connectivity index (χ3v) is 3.39. The second-order valence-electron chi connectivity index (χ2n) is 4.97. The monoisotopic (exact) mass is 346 g/mol. The van der Waals surface area contributed by atoms with Crippen molar-refractivity contribution in [2.45, 2.75) is 6.54 Å². The third kappa shape index (κ3) is 4.84. The highest BCUT2D eigenvalue weighted by molar-refractivity contribution is 5.77. The number of hydrogen-bond acceptors (Lipinski definition) is 6. The van der Waals surface area contributed by atoms with Gasteiger partial charge in [-0.2, -0.15) is 0 Å². The molecular formula is C17H18N2O6. The van der Waals surface area contributed by atoms with E-state index >= 15 is 0 Å². The molecule has 25 heavy (non-hydrogen) atoms. The number of ether oxygens (including phenoxy) is 3. The summed E-state index contributed by atoms with van der Waals surface area (Å²) in [5.41, 5.74) is 0.677. The summed E-state index contributed by atoms with van der Waals surface area (Å²) in [6.07, 6.45) is 0. The Balaban J connectivity index is 1.95. The van der Waals surface area contributed by atoms with Gasteiger partial charge in [-0.1, -0.05) is 18.2 Å². The lowest BCUT2D eigenvalue weighted by molar-refractivity contribution is -0.385. The second kappa shape index (κ2) is 8.53. The SMILES string of the molecule is COc1ccccc1CNC(=O)COc1cc([N+](=O)[O-])ccc1OC. The fraction of sp³-hybridized carbons (Fsp3) is 0.235. The fourth-order valence-corrected chi connectivity index (χ4v) is 2.13. The first-order valence-corrected chi connectivity index (χ1v) is 7.39. The van der Waals surface area contributed by atoms with Crippen molar-refractivity contribution >= 4 is 11.6 Å². The van der Waals surface area contributed by atoms with Crippen molar-refractivity contribution in [1.29, 1.82) is 0 Å². The van der Waals surface area contributed by atoms with E-state index in [0.29, 0.717) is 11.5 Å². The van der Waals surface area contributed by atoms with Crippen LogP contribution in [-0.4, -0.2) is 31.7 Å². The number of carbonyl (C=O) groups excluding carboxylic acids is 1. The molecule has 8 heteroatoms. The molecule has 2 aromatic rings. The Morgan fingerprint density at radius 1 is 1.08 bits per heavy atom. The van der Waals surface area contributed by atoms with E-state index in [1.807, 2.05) is 18.2 Å². The predicted octanol–water partition coefficient (Wildman–Crippen LogP) is 2.31. The Kier molecular flexibility index (Phi) is 6.16. The number of amides is 1. The molecule has 0 aliphatic rings. The lowest BCUT2D eigenvalue weighted by Crippen LogP contribution is -2.28. The van der Waals surface area contributed by atoms with Crippen LogP contribution in [-0.2, 0) is 11.3 Å². The summed E-state index contributed by atoms with van der Waals surface area (Å²) < 4.78 is 15.6. The Morgan fingerprint density at radius 2 is 1.80 bits per heavy atom. The zero-order valence-corrected chi connectivity index (χ0v) is 13.9. The van der Waals surface area contributed by atoms with Gasteiger partial charge in [-0.15, -0.1) is 0 Å². The van der Waals surface area contributed by atoms with Crippen LogP contribution in [0.15, 0.2) is 42.5 Å². The summed E-state index contributed by atoms with van der Waals surface area (Å²) in [7, 11) is 2.97. The number of hydrogen-bond donors (Lipinski definition) is 1. The van der Waals surface area contributed by atoms with Crippen LogP contribution in [0.4, 0.5) is 5.69 Å². The first-order valence-electron chi connectivity index (χ1n) is 7.39. The Bertz CT molecular complexity index is 763. The molecule has 0 saturated heterocycles. The zero-order valence-electron chi connectivity index (χ0n) is 13.9. The maximum atomic E-state index is 12.0. The molecular weight excluding hydrogens is 328 g/mol. The minimum absolute atomic E-state index is 0.129. The van der Waals surface area contributed by atoms with E-state index < -0.39 is 4.92 Å². The first-order chi connectivity index (χ1) is 12.0. The van der Waals surface area contributed by atoms with E-state index in [2.05, 4.69) is 5.32 Å². The van der Waals surface area contributed by atoms with E-state index in [1.54, 1.807) is 13.2 Å². The lowest BCUT2D eigenvalue weighted by Gasteiger charge is -2.12. The van der Waals surface area contributed by atoms with Crippen LogP contribution in [0, 0.1) is 10.1 Å². The largest absolute Gasteiger partial charge is 0.496 e. The molecule has 0 radical (unpaired) electrons. The molecule has 2 rings (SSSR count). The second-order valence-corrected chi connectivity index (χ2v) is 4.97. The Hall–Kier alpha value is -3.29. The van der Waals surface area contributed by atoms with Crippen LogP contribution in [0.25, 0.3) is 0 Å². The van der Waals surface area contributed by atoms with Crippen LogP contribution in [0.2, 0.25) is 0 Å². The van der Waals surface area contributed by atoms with Gasteiger partial charge in [0.1, 0.15) is 5.75 Å². The van der Waals surface area contributed by atoms with E-state index in [-0.39, 0.29) is 30.5 Å². The molecule has 2 aromatic carbocycles. The van der Waals surface area contributed by atoms with Gasteiger partial charge in [0.2, 0.25) is 0 Å². The minimum atomic E-state index is -0.548. The van der Waals surface area contributed by atoms with Crippen molar-refractivity contribution in [3.05, 3.63) is 58.1 Å². The molecule has 0 heterocycles. The number of rotatable bonds is 8. The minimum Gasteiger partial charge on any atom is -0.496 e. The standard InChI is InChI=1S/C17H18N2O6/c1-23-14-6-4-3-5-12(14)10-18-17(20)11-25-16-9-13(19(21)22)7-8-15(16)24-2/h3-9H,10-11H2,1-2H3,(H,18,20). The number of carbonyl (C=O) groups is 1. The van der Waals surface area contributed by atoms with E-state index in [4.69, 9.17) is 14.2 Å². The highest BCUT2D eigenvalue weighted by atomic mass is 16.6. The maximum absolute atomic E-state index is 12.0. The van der Waals surface area contributed by atoms with Gasteiger partial charge < -0.3 is 19.5 Å². The normalized spacial score (nSPS) is 10.0. The highest BCUT2D eigenvalue weighted by Gasteiger charge is 2.14. The summed E-state index contributed by atoms with van der Waals surface area (Å²) in [5, 5.41) is 13.5. The van der Waals surface area contributed by atoms with Gasteiger partial charge in [0.05, 0.1) is 25.2 Å². The molecule has 0 atom stereocenters. The van der Waals surface area contributed by atoms with Crippen molar-refractivity contribution < 1.29 is 23.9 Å². The number of nitro groups is 1. The van der Waals surface area contributed by atoms with Crippen molar-refractivity contribution in [3.63, 3.8) is 0 Å². The fourth-order valence-electron chi connectivity index (χ4n) is 2.13. The summed E-state index contributed by atoms with van der Waals surface area (Å²) in [6.45, 7) is -0.0229. The number of benzene rings is 2. The number of nitro benzene ring substituents is 1. The van der Waals surface area contributed by atoms with Crippen molar-refractivity contribution in [3.8, 4) is 17.2 Å². The molecule has 0 fully saturated rings. The average Bonchev–Trinajstić information content (AvgIpc) is 2.64. The lowest BCUT2D eigenvalue weighted by atomic mass is 10.2. The Labute approximate surface area is 144 Å². The molecule has 0 aliphatic carbocycles. The van der Waals surface area contributed by atoms with Gasteiger partial charge in [-0.05, 0) is 12.1 Å². The molecule has 0 aliphatic heterocycles. The highest BCUT2D eigenvalue weighted by Crippen LogP contribution is 2.31. The van der Waals surface area contributed by atoms with Crippen molar-refractivity contribution in [2.24, 2.45) is 0 Å². The summed E-state index contributed by atoms with van der Waals surface area (Å²) in [4.78, 5) is 22.2. The van der Waals surface area contributed by atoms with Crippen LogP contribution < -0.4 is 19.5 Å². The molecule has 1 amide bonds. The third-order valence-electron chi connectivity index (χ3n) is 3.39. The number of non-ortho nitro benzene ring substituents is 1. The smallest absolute Gasteiger partial charge is 0.273 e. The molecule has 0 saturated carbocycles. The molecule has 0 spiro atoms. The van der Waals surface area contributed by atoms with Crippen LogP contribution in [0.1, 0.15) is 5.56 Å². The van der Waals surface area contributed by atoms with Gasteiger partial charge in [0.25, 0.3) is 11.6 Å². The van der Waals surface area contributed by atoms with Gasteiger partial charge in [-0.3, -0.25) is 14.9 Å². The number of nitrogens with zero attached hydrogens (tertiary/aromatic N) is 1. The molecule has 1 N–H and O–H groups in total. The molecule has 0 bridgehead atoms. The molecule has 132 valence electrons. The zero-order chi connectivity index (χ0) is 18.2. The summed E-state index contributed by atoms with van der Waals surface area (Å²) >= 11 is 0. The van der Waals surface area contributed by atoms with Gasteiger partial charge >= 0.3 is 0 Å². The van der Waals surface area contributed by atoms with E-state index in [9.17, 15) is 14.9 Å². The number of nitrogens with one attached hydrogen (secondary N) is 1. The topological polar surface area (TPSA) is 99.9 Å². The van der Waals surface area contributed by atoms with Gasteiger partial charge in [-0.25, -0.2) is 0 Å². The summed E-state index contributed by atoms with van der Waals surface area (Å²) in [6, 6.07) is 11.2. The van der Waals surface area contributed by atoms with E-state index in [1.165, 1.54) is 25.3 Å². The number of para-hydroxylation sites is 1. The van der Waals surface area contributed by atoms with Crippen molar-refractivity contribution in [1.82, 2.24) is 5.32 Å². The quantitative estimate of drug-likeness (QED) is 0.581. The predicted molar refractivity (Wildman–Crippen MR) is 90.0 cm³/mol. The maximum Gasteiger partial charge on any atom is 0.273 e. The number of methoxy groups -OCH3 is 2. The van der Waals surface area contributed by atoms with Crippen molar-refractivity contribution in [2.75, 3.05) is 20.8 Å².